The first kappa shape index (κ1) is 13.7. The van der Waals surface area contributed by atoms with Crippen LogP contribution < -0.4 is 5.32 Å². The van der Waals surface area contributed by atoms with Gasteiger partial charge in [-0.25, -0.2) is 8.78 Å². The third-order valence-electron chi connectivity index (χ3n) is 1.70. The maximum Gasteiger partial charge on any atom is 0.411 e. The highest BCUT2D eigenvalue weighted by Crippen LogP contribution is 2.14. The van der Waals surface area contributed by atoms with Crippen LogP contribution in [0.3, 0.4) is 0 Å². The maximum atomic E-state index is 12.7. The van der Waals surface area contributed by atoms with E-state index in [2.05, 4.69) is 10.1 Å². The zero-order valence-electron chi connectivity index (χ0n) is 8.65. The summed E-state index contributed by atoms with van der Waals surface area (Å²) in [5.74, 6) is -1.52. The van der Waals surface area contributed by atoms with Crippen LogP contribution in [0.5, 0.6) is 0 Å². The molecular weight excluding hydrogens is 245 g/mol. The lowest BCUT2D eigenvalue weighted by Gasteiger charge is -2.09. The number of halogens is 5. The summed E-state index contributed by atoms with van der Waals surface area (Å²) in [6.45, 7) is -1.52. The molecule has 1 N–H and O–H groups in total. The fraction of sp³-hybridized carbons (Fsp3) is 0.400. The quantitative estimate of drug-likeness (QED) is 0.645. The second-order valence-electron chi connectivity index (χ2n) is 3.25. The highest BCUT2D eigenvalue weighted by molar-refractivity contribution is 5.43. The fourth-order valence-corrected chi connectivity index (χ4v) is 1.11. The highest BCUT2D eigenvalue weighted by atomic mass is 19.4. The number of rotatable bonds is 5. The molecule has 2 nitrogen and oxygen atoms in total. The molecule has 0 aromatic heterocycles. The van der Waals surface area contributed by atoms with Crippen molar-refractivity contribution in [3.63, 3.8) is 0 Å². The number of alkyl halides is 3. The van der Waals surface area contributed by atoms with E-state index in [1.54, 1.807) is 0 Å². The van der Waals surface area contributed by atoms with E-state index in [0.717, 1.165) is 12.1 Å². The molecule has 0 bridgehead atoms. The van der Waals surface area contributed by atoms with Crippen molar-refractivity contribution in [3.05, 3.63) is 29.8 Å². The van der Waals surface area contributed by atoms with Crippen molar-refractivity contribution in [3.8, 4) is 0 Å². The molecule has 0 amide bonds. The van der Waals surface area contributed by atoms with Crippen molar-refractivity contribution >= 4 is 5.69 Å². The Morgan fingerprint density at radius 1 is 1.06 bits per heavy atom. The number of benzene rings is 1. The predicted molar refractivity (Wildman–Crippen MR) is 51.7 cm³/mol. The molecule has 0 atom stereocenters. The van der Waals surface area contributed by atoms with Crippen LogP contribution in [-0.2, 0) is 4.74 Å². The van der Waals surface area contributed by atoms with Gasteiger partial charge in [-0.1, -0.05) is 0 Å². The van der Waals surface area contributed by atoms with E-state index in [-0.39, 0.29) is 18.8 Å². The maximum absolute atomic E-state index is 12.7. The largest absolute Gasteiger partial charge is 0.411 e. The summed E-state index contributed by atoms with van der Waals surface area (Å²) in [6.07, 6.45) is -4.37. The number of hydrogen-bond acceptors (Lipinski definition) is 2. The van der Waals surface area contributed by atoms with E-state index in [0.29, 0.717) is 6.07 Å². The smallest absolute Gasteiger partial charge is 0.383 e. The summed E-state index contributed by atoms with van der Waals surface area (Å²) in [6, 6.07) is 2.77. The van der Waals surface area contributed by atoms with E-state index in [9.17, 15) is 22.0 Å². The van der Waals surface area contributed by atoms with Gasteiger partial charge in [0.15, 0.2) is 0 Å². The Balaban J connectivity index is 2.27. The van der Waals surface area contributed by atoms with Crippen molar-refractivity contribution in [2.75, 3.05) is 25.1 Å². The second kappa shape index (κ2) is 5.81. The highest BCUT2D eigenvalue weighted by Gasteiger charge is 2.27. The minimum atomic E-state index is -4.37. The molecule has 0 unspecified atom stereocenters. The van der Waals surface area contributed by atoms with E-state index < -0.39 is 24.4 Å². The summed E-state index contributed by atoms with van der Waals surface area (Å²) in [5, 5.41) is 2.54. The molecule has 0 spiro atoms. The summed E-state index contributed by atoms with van der Waals surface area (Å²) in [4.78, 5) is 0. The fourth-order valence-electron chi connectivity index (χ4n) is 1.11. The zero-order chi connectivity index (χ0) is 12.9. The predicted octanol–water partition coefficient (Wildman–Crippen LogP) is 2.96. The Kier molecular flexibility index (Phi) is 4.68. The summed E-state index contributed by atoms with van der Waals surface area (Å²) in [7, 11) is 0. The van der Waals surface area contributed by atoms with Gasteiger partial charge in [0.25, 0.3) is 0 Å². The lowest BCUT2D eigenvalue weighted by Crippen LogP contribution is -2.20. The summed E-state index contributed by atoms with van der Waals surface area (Å²) < 4.78 is 64.7. The van der Waals surface area contributed by atoms with Crippen LogP contribution in [0.4, 0.5) is 27.6 Å². The van der Waals surface area contributed by atoms with Gasteiger partial charge in [0, 0.05) is 18.3 Å². The molecule has 1 aromatic rings. The number of anilines is 1. The number of nitrogens with one attached hydrogen (secondary N) is 1. The van der Waals surface area contributed by atoms with Crippen LogP contribution >= 0.6 is 0 Å². The molecule has 0 fully saturated rings. The normalized spacial score (nSPS) is 11.6. The molecule has 0 radical (unpaired) electrons. The van der Waals surface area contributed by atoms with E-state index in [1.165, 1.54) is 0 Å². The van der Waals surface area contributed by atoms with Gasteiger partial charge in [0.2, 0.25) is 0 Å². The first-order valence-electron chi connectivity index (χ1n) is 4.71. The Morgan fingerprint density at radius 3 is 2.18 bits per heavy atom. The zero-order valence-corrected chi connectivity index (χ0v) is 8.65. The Morgan fingerprint density at radius 2 is 1.65 bits per heavy atom. The average Bonchev–Trinajstić information content (AvgIpc) is 2.13. The van der Waals surface area contributed by atoms with Gasteiger partial charge < -0.3 is 10.1 Å². The van der Waals surface area contributed by atoms with E-state index in [4.69, 9.17) is 0 Å². The summed E-state index contributed by atoms with van der Waals surface area (Å²) >= 11 is 0. The molecule has 7 heteroatoms. The molecule has 0 saturated heterocycles. The van der Waals surface area contributed by atoms with Crippen molar-refractivity contribution in [2.45, 2.75) is 6.18 Å². The van der Waals surface area contributed by atoms with Gasteiger partial charge in [0.05, 0.1) is 6.61 Å². The average molecular weight is 255 g/mol. The lowest BCUT2D eigenvalue weighted by molar-refractivity contribution is -0.172. The third-order valence-corrected chi connectivity index (χ3v) is 1.70. The van der Waals surface area contributed by atoms with Crippen LogP contribution in [-0.4, -0.2) is 25.9 Å². The molecule has 1 aromatic carbocycles. The molecule has 0 aliphatic rings. The molecule has 17 heavy (non-hydrogen) atoms. The van der Waals surface area contributed by atoms with Crippen LogP contribution in [0.2, 0.25) is 0 Å². The first-order chi connectivity index (χ1) is 7.87. The van der Waals surface area contributed by atoms with Crippen LogP contribution in [0.15, 0.2) is 18.2 Å². The van der Waals surface area contributed by atoms with Crippen LogP contribution in [0.25, 0.3) is 0 Å². The Bertz CT molecular complexity index is 346. The molecule has 0 heterocycles. The Labute approximate surface area is 94.4 Å². The summed E-state index contributed by atoms with van der Waals surface area (Å²) in [5.41, 5.74) is 0.151. The molecule has 0 aliphatic heterocycles. The molecule has 96 valence electrons. The van der Waals surface area contributed by atoms with Crippen molar-refractivity contribution in [1.29, 1.82) is 0 Å². The third kappa shape index (κ3) is 6.06. The lowest BCUT2D eigenvalue weighted by atomic mass is 10.3. The standard InChI is InChI=1S/C10H10F5NO/c11-7-3-8(12)5-9(4-7)16-1-2-17-6-10(13,14)15/h3-5,16H,1-2,6H2. The molecule has 0 aliphatic carbocycles. The van der Waals surface area contributed by atoms with Gasteiger partial charge in [-0.05, 0) is 12.1 Å². The first-order valence-corrected chi connectivity index (χ1v) is 4.71. The van der Waals surface area contributed by atoms with Gasteiger partial charge in [-0.3, -0.25) is 0 Å². The number of ether oxygens (including phenoxy) is 1. The van der Waals surface area contributed by atoms with Gasteiger partial charge in [0.1, 0.15) is 18.2 Å². The van der Waals surface area contributed by atoms with E-state index in [1.807, 2.05) is 0 Å². The van der Waals surface area contributed by atoms with Gasteiger partial charge >= 0.3 is 6.18 Å². The molecule has 0 saturated carbocycles. The minimum absolute atomic E-state index is 0.0268. The van der Waals surface area contributed by atoms with Crippen molar-refractivity contribution < 1.29 is 26.7 Å². The Hall–Kier alpha value is -1.37. The van der Waals surface area contributed by atoms with Gasteiger partial charge in [-0.2, -0.15) is 13.2 Å². The topological polar surface area (TPSA) is 21.3 Å². The van der Waals surface area contributed by atoms with Crippen molar-refractivity contribution in [2.24, 2.45) is 0 Å². The monoisotopic (exact) mass is 255 g/mol. The van der Waals surface area contributed by atoms with E-state index >= 15 is 0 Å². The van der Waals surface area contributed by atoms with Gasteiger partial charge in [-0.15, -0.1) is 0 Å². The number of hydrogen-bond donors (Lipinski definition) is 1. The van der Waals surface area contributed by atoms with Crippen LogP contribution in [0, 0.1) is 11.6 Å². The second-order valence-corrected chi connectivity index (χ2v) is 3.25. The van der Waals surface area contributed by atoms with Crippen molar-refractivity contribution in [1.82, 2.24) is 0 Å². The SMILES string of the molecule is Fc1cc(F)cc(NCCOCC(F)(F)F)c1. The molecular formula is C10H10F5NO. The minimum Gasteiger partial charge on any atom is -0.383 e. The van der Waals surface area contributed by atoms with Crippen LogP contribution in [0.1, 0.15) is 0 Å². The molecule has 1 rings (SSSR count).